The van der Waals surface area contributed by atoms with E-state index in [-0.39, 0.29) is 79.1 Å². The summed E-state index contributed by atoms with van der Waals surface area (Å²) in [5, 5.41) is 9.50. The Kier molecular flexibility index (Phi) is 9.85. The maximum Gasteiger partial charge on any atom is 0.319 e. The summed E-state index contributed by atoms with van der Waals surface area (Å²) in [7, 11) is 0. The number of carbonyl (C=O) groups excluding carboxylic acids is 3. The number of fused-ring (bicyclic) bond motifs is 5. The monoisotopic (exact) mass is 565 g/mol. The van der Waals surface area contributed by atoms with Gasteiger partial charge in [0.1, 0.15) is 18.3 Å². The van der Waals surface area contributed by atoms with E-state index in [4.69, 9.17) is 31.4 Å². The Morgan fingerprint density at radius 2 is 1.52 bits per heavy atom. The molecule has 5 unspecified atom stereocenters. The van der Waals surface area contributed by atoms with Crippen molar-refractivity contribution in [2.45, 2.75) is 96.9 Å². The van der Waals surface area contributed by atoms with Crippen molar-refractivity contribution in [3.05, 3.63) is 0 Å². The van der Waals surface area contributed by atoms with Crippen LogP contribution in [0.5, 0.6) is 0 Å². The van der Waals surface area contributed by atoms with Crippen molar-refractivity contribution < 1.29 is 33.7 Å². The minimum atomic E-state index is -0.404. The highest BCUT2D eigenvalue weighted by Crippen LogP contribution is 2.69. The molecule has 4 rings (SSSR count). The molecule has 228 valence electrons. The van der Waals surface area contributed by atoms with Crippen molar-refractivity contribution >= 4 is 17.9 Å². The number of hydrogen-bond acceptors (Lipinski definition) is 10. The van der Waals surface area contributed by atoms with E-state index in [9.17, 15) is 19.5 Å². The minimum absolute atomic E-state index is 0.0861. The van der Waals surface area contributed by atoms with Gasteiger partial charge in [0.15, 0.2) is 0 Å². The third-order valence-corrected chi connectivity index (χ3v) is 11.6. The van der Waals surface area contributed by atoms with E-state index in [1.54, 1.807) is 0 Å². The predicted octanol–water partition coefficient (Wildman–Crippen LogP) is 1.89. The first-order valence-corrected chi connectivity index (χ1v) is 15.3. The standard InChI is InChI=1S/C30H51N3O7/c1-17(5-4-10-34)20-6-7-21-28-22(13-24(30(20,21)3)40-27(37)16-33)29(2)9-8-19(38-25(35)14-31)11-18(29)12-23(28)39-26(36)15-32/h17-24,28,34H,4-16,31-33H2,1-3H3/t17-,18?,19-,20?,21+,22+,23-,24+,28?,29?,30?/m1/s1. The van der Waals surface area contributed by atoms with E-state index in [0.29, 0.717) is 31.1 Å². The number of carbonyl (C=O) groups is 3. The van der Waals surface area contributed by atoms with Gasteiger partial charge in [0.05, 0.1) is 19.6 Å². The molecule has 11 atom stereocenters. The molecule has 0 aromatic carbocycles. The van der Waals surface area contributed by atoms with Gasteiger partial charge in [0.2, 0.25) is 0 Å². The fraction of sp³-hybridized carbons (Fsp3) is 0.900. The average molecular weight is 566 g/mol. The molecule has 0 radical (unpaired) electrons. The molecule has 4 saturated carbocycles. The number of rotatable bonds is 10. The predicted molar refractivity (Wildman–Crippen MR) is 148 cm³/mol. The summed E-state index contributed by atoms with van der Waals surface area (Å²) >= 11 is 0. The number of hydrogen-bond donors (Lipinski definition) is 4. The smallest absolute Gasteiger partial charge is 0.319 e. The number of aliphatic hydroxyl groups is 1. The Hall–Kier alpha value is -1.75. The van der Waals surface area contributed by atoms with Crippen LogP contribution in [-0.4, -0.2) is 67.6 Å². The first kappa shape index (κ1) is 31.2. The zero-order valence-corrected chi connectivity index (χ0v) is 24.5. The van der Waals surface area contributed by atoms with Crippen molar-refractivity contribution in [1.29, 1.82) is 0 Å². The number of nitrogens with two attached hydrogens (primary N) is 3. The Balaban J connectivity index is 1.72. The summed E-state index contributed by atoms with van der Waals surface area (Å²) in [5.41, 5.74) is 16.6. The Bertz CT molecular complexity index is 933. The lowest BCUT2D eigenvalue weighted by molar-refractivity contribution is -0.225. The lowest BCUT2D eigenvalue weighted by Crippen LogP contribution is -2.63. The van der Waals surface area contributed by atoms with Crippen LogP contribution in [0, 0.1) is 46.3 Å². The molecule has 40 heavy (non-hydrogen) atoms. The Morgan fingerprint density at radius 1 is 0.875 bits per heavy atom. The molecule has 0 saturated heterocycles. The van der Waals surface area contributed by atoms with E-state index in [1.807, 2.05) is 0 Å². The van der Waals surface area contributed by atoms with Gasteiger partial charge in [-0.2, -0.15) is 0 Å². The molecular formula is C30H51N3O7. The summed E-state index contributed by atoms with van der Waals surface area (Å²) < 4.78 is 18.0. The second-order valence-corrected chi connectivity index (χ2v) is 13.4. The zero-order chi connectivity index (χ0) is 29.2. The van der Waals surface area contributed by atoms with Crippen molar-refractivity contribution in [1.82, 2.24) is 0 Å². The summed E-state index contributed by atoms with van der Waals surface area (Å²) in [6.45, 7) is 6.52. The van der Waals surface area contributed by atoms with Crippen LogP contribution >= 0.6 is 0 Å². The van der Waals surface area contributed by atoms with E-state index < -0.39 is 17.9 Å². The molecule has 0 spiro atoms. The summed E-state index contributed by atoms with van der Waals surface area (Å²) in [6.07, 6.45) is 6.51. The van der Waals surface area contributed by atoms with Crippen molar-refractivity contribution in [3.63, 3.8) is 0 Å². The highest BCUT2D eigenvalue weighted by Gasteiger charge is 2.67. The summed E-state index contributed by atoms with van der Waals surface area (Å²) in [5.74, 6) is 0.111. The van der Waals surface area contributed by atoms with Gasteiger partial charge in [-0.25, -0.2) is 0 Å². The third kappa shape index (κ3) is 5.65. The second kappa shape index (κ2) is 12.6. The molecule has 0 aromatic heterocycles. The van der Waals surface area contributed by atoms with Crippen molar-refractivity contribution in [2.24, 2.45) is 63.5 Å². The third-order valence-electron chi connectivity index (χ3n) is 11.6. The largest absolute Gasteiger partial charge is 0.461 e. The maximum absolute atomic E-state index is 12.7. The quantitative estimate of drug-likeness (QED) is 0.226. The van der Waals surface area contributed by atoms with Crippen molar-refractivity contribution in [2.75, 3.05) is 26.2 Å². The number of ether oxygens (including phenoxy) is 3. The lowest BCUT2D eigenvalue weighted by atomic mass is 9.43. The van der Waals surface area contributed by atoms with E-state index in [2.05, 4.69) is 20.8 Å². The number of aliphatic hydroxyl groups excluding tert-OH is 1. The van der Waals surface area contributed by atoms with E-state index in [0.717, 1.165) is 38.5 Å². The van der Waals surface area contributed by atoms with Crippen LogP contribution in [-0.2, 0) is 28.6 Å². The topological polar surface area (TPSA) is 177 Å². The molecule has 4 aliphatic carbocycles. The van der Waals surface area contributed by atoms with Crippen molar-refractivity contribution in [3.8, 4) is 0 Å². The van der Waals surface area contributed by atoms with Gasteiger partial charge >= 0.3 is 17.9 Å². The van der Waals surface area contributed by atoms with Crippen LogP contribution < -0.4 is 17.2 Å². The molecular weight excluding hydrogens is 514 g/mol. The van der Waals surface area contributed by atoms with Gasteiger partial charge in [0, 0.05) is 17.9 Å². The normalized spacial score (nSPS) is 41.2. The summed E-state index contributed by atoms with van der Waals surface area (Å²) in [6, 6.07) is 0. The molecule has 10 nitrogen and oxygen atoms in total. The highest BCUT2D eigenvalue weighted by atomic mass is 16.6. The van der Waals surface area contributed by atoms with Crippen LogP contribution in [0.15, 0.2) is 0 Å². The van der Waals surface area contributed by atoms with Gasteiger partial charge in [-0.1, -0.05) is 20.8 Å². The van der Waals surface area contributed by atoms with Crippen LogP contribution in [0.25, 0.3) is 0 Å². The fourth-order valence-corrected chi connectivity index (χ4v) is 9.74. The van der Waals surface area contributed by atoms with Crippen LogP contribution in [0.4, 0.5) is 0 Å². The molecule has 4 aliphatic rings. The Morgan fingerprint density at radius 3 is 2.17 bits per heavy atom. The molecule has 0 aromatic rings. The SMILES string of the molecule is C[C@H](CCCO)C1CC[C@H]2C3[C@H](OC(=O)CN)CC4C[C@H](OC(=O)CN)CCC4(C)[C@H]3C[C@H](OC(=O)CN)C12C. The van der Waals surface area contributed by atoms with Gasteiger partial charge in [-0.3, -0.25) is 14.4 Å². The van der Waals surface area contributed by atoms with Gasteiger partial charge in [-0.05, 0) is 92.8 Å². The average Bonchev–Trinajstić information content (AvgIpc) is 3.30. The summed E-state index contributed by atoms with van der Waals surface area (Å²) in [4.78, 5) is 37.3. The highest BCUT2D eigenvalue weighted by molar-refractivity contribution is 5.72. The van der Waals surface area contributed by atoms with Crippen LogP contribution in [0.3, 0.4) is 0 Å². The van der Waals surface area contributed by atoms with Gasteiger partial charge < -0.3 is 36.5 Å². The Labute approximate surface area is 238 Å². The zero-order valence-electron chi connectivity index (χ0n) is 24.5. The first-order chi connectivity index (χ1) is 19.0. The lowest BCUT2D eigenvalue weighted by Gasteiger charge is -2.64. The molecule has 0 aliphatic heterocycles. The van der Waals surface area contributed by atoms with Crippen LogP contribution in [0.2, 0.25) is 0 Å². The minimum Gasteiger partial charge on any atom is -0.461 e. The molecule has 7 N–H and O–H groups in total. The molecule has 10 heteroatoms. The second-order valence-electron chi connectivity index (χ2n) is 13.4. The van der Waals surface area contributed by atoms with E-state index >= 15 is 0 Å². The first-order valence-electron chi connectivity index (χ1n) is 15.3. The fourth-order valence-electron chi connectivity index (χ4n) is 9.74. The van der Waals surface area contributed by atoms with Gasteiger partial charge in [-0.15, -0.1) is 0 Å². The number of esters is 3. The molecule has 0 bridgehead atoms. The molecule has 0 amide bonds. The maximum atomic E-state index is 12.7. The molecule has 0 heterocycles. The van der Waals surface area contributed by atoms with E-state index in [1.165, 1.54) is 0 Å². The van der Waals surface area contributed by atoms with Crippen LogP contribution in [0.1, 0.15) is 78.6 Å². The molecule has 4 fully saturated rings. The van der Waals surface area contributed by atoms with Gasteiger partial charge in [0.25, 0.3) is 0 Å².